The second-order valence-corrected chi connectivity index (χ2v) is 6.52. The van der Waals surface area contributed by atoms with Gasteiger partial charge in [-0.1, -0.05) is 12.1 Å². The Morgan fingerprint density at radius 3 is 2.44 bits per heavy atom. The molecule has 1 saturated heterocycles. The molecular weight excluding hydrogens is 342 g/mol. The molecule has 0 atom stereocenters. The van der Waals surface area contributed by atoms with E-state index < -0.39 is 0 Å². The summed E-state index contributed by atoms with van der Waals surface area (Å²) in [6, 6.07) is 12.4. The lowest BCUT2D eigenvalue weighted by atomic mass is 9.93. The molecular formula is C20H19N5O2. The number of carbonyl (C=O) groups excluding carboxylic acids is 1. The first-order chi connectivity index (χ1) is 13.2. The molecule has 1 aliphatic rings. The monoisotopic (exact) mass is 361 g/mol. The second-order valence-electron chi connectivity index (χ2n) is 6.52. The Bertz CT molecular complexity index is 980. The fourth-order valence-electron chi connectivity index (χ4n) is 3.34. The van der Waals surface area contributed by atoms with E-state index >= 15 is 0 Å². The van der Waals surface area contributed by atoms with Crippen molar-refractivity contribution in [2.45, 2.75) is 18.8 Å². The number of nitrogens with one attached hydrogen (secondary N) is 1. The minimum absolute atomic E-state index is 0.0536. The number of hydrogen-bond acceptors (Lipinski definition) is 5. The van der Waals surface area contributed by atoms with Crippen LogP contribution in [0.4, 0.5) is 0 Å². The first-order valence-electron chi connectivity index (χ1n) is 8.94. The van der Waals surface area contributed by atoms with Gasteiger partial charge in [-0.2, -0.15) is 0 Å². The average molecular weight is 361 g/mol. The van der Waals surface area contributed by atoms with Crippen LogP contribution in [0.1, 0.15) is 34.9 Å². The molecule has 3 aromatic rings. The number of pyridine rings is 2. The van der Waals surface area contributed by atoms with Crippen molar-refractivity contribution in [2.75, 3.05) is 13.1 Å². The van der Waals surface area contributed by atoms with Gasteiger partial charge in [0.25, 0.3) is 11.5 Å². The molecule has 1 aliphatic heterocycles. The average Bonchev–Trinajstić information content (AvgIpc) is 2.74. The van der Waals surface area contributed by atoms with E-state index in [9.17, 15) is 9.59 Å². The van der Waals surface area contributed by atoms with Gasteiger partial charge >= 0.3 is 0 Å². The predicted octanol–water partition coefficient (Wildman–Crippen LogP) is 2.25. The third kappa shape index (κ3) is 3.76. The lowest BCUT2D eigenvalue weighted by Gasteiger charge is -2.31. The predicted molar refractivity (Wildman–Crippen MR) is 100 cm³/mol. The SMILES string of the molecule is O=C(c1ccccn1)N1CCC(c2cc(=O)[nH]c(-c3ccccn3)n2)CC1. The Hall–Kier alpha value is -3.35. The van der Waals surface area contributed by atoms with E-state index in [1.807, 2.05) is 29.2 Å². The van der Waals surface area contributed by atoms with Crippen LogP contribution in [-0.4, -0.2) is 43.8 Å². The number of hydrogen-bond donors (Lipinski definition) is 1. The molecule has 0 spiro atoms. The van der Waals surface area contributed by atoms with Gasteiger partial charge in [-0.15, -0.1) is 0 Å². The van der Waals surface area contributed by atoms with E-state index in [1.54, 1.807) is 30.6 Å². The van der Waals surface area contributed by atoms with Gasteiger partial charge in [0, 0.05) is 37.5 Å². The fraction of sp³-hybridized carbons (Fsp3) is 0.250. The van der Waals surface area contributed by atoms with E-state index in [4.69, 9.17) is 0 Å². The van der Waals surface area contributed by atoms with Crippen molar-refractivity contribution in [2.24, 2.45) is 0 Å². The Morgan fingerprint density at radius 1 is 1.04 bits per heavy atom. The van der Waals surface area contributed by atoms with Crippen molar-refractivity contribution >= 4 is 5.91 Å². The largest absolute Gasteiger partial charge is 0.337 e. The third-order valence-electron chi connectivity index (χ3n) is 4.75. The summed E-state index contributed by atoms with van der Waals surface area (Å²) in [5.74, 6) is 0.565. The third-order valence-corrected chi connectivity index (χ3v) is 4.75. The zero-order valence-corrected chi connectivity index (χ0v) is 14.7. The van der Waals surface area contributed by atoms with Crippen LogP contribution < -0.4 is 5.56 Å². The van der Waals surface area contributed by atoms with E-state index in [1.165, 1.54) is 0 Å². The molecule has 1 fully saturated rings. The summed E-state index contributed by atoms with van der Waals surface area (Å²) in [5, 5.41) is 0. The molecule has 0 unspecified atom stereocenters. The maximum absolute atomic E-state index is 12.5. The lowest BCUT2D eigenvalue weighted by molar-refractivity contribution is 0.0706. The minimum atomic E-state index is -0.187. The van der Waals surface area contributed by atoms with Crippen LogP contribution in [0.5, 0.6) is 0 Å². The Morgan fingerprint density at radius 2 is 1.78 bits per heavy atom. The molecule has 4 heterocycles. The first-order valence-corrected chi connectivity index (χ1v) is 8.94. The highest BCUT2D eigenvalue weighted by Crippen LogP contribution is 2.27. The summed E-state index contributed by atoms with van der Waals surface area (Å²) < 4.78 is 0. The van der Waals surface area contributed by atoms with Gasteiger partial charge < -0.3 is 9.88 Å². The van der Waals surface area contributed by atoms with Crippen LogP contribution in [0, 0.1) is 0 Å². The lowest BCUT2D eigenvalue weighted by Crippen LogP contribution is -2.38. The van der Waals surface area contributed by atoms with E-state index in [-0.39, 0.29) is 17.4 Å². The topological polar surface area (TPSA) is 91.8 Å². The molecule has 0 bridgehead atoms. The zero-order chi connectivity index (χ0) is 18.6. The van der Waals surface area contributed by atoms with Crippen molar-refractivity contribution in [3.8, 4) is 11.5 Å². The van der Waals surface area contributed by atoms with Gasteiger partial charge in [0.15, 0.2) is 5.82 Å². The maximum Gasteiger partial charge on any atom is 0.272 e. The summed E-state index contributed by atoms with van der Waals surface area (Å²) >= 11 is 0. The van der Waals surface area contributed by atoms with Gasteiger partial charge in [-0.05, 0) is 37.1 Å². The van der Waals surface area contributed by atoms with E-state index in [2.05, 4.69) is 19.9 Å². The Labute approximate surface area is 156 Å². The van der Waals surface area contributed by atoms with Crippen molar-refractivity contribution in [3.63, 3.8) is 0 Å². The van der Waals surface area contributed by atoms with Crippen LogP contribution in [-0.2, 0) is 0 Å². The number of piperidine rings is 1. The van der Waals surface area contributed by atoms with Gasteiger partial charge in [-0.3, -0.25) is 19.6 Å². The van der Waals surface area contributed by atoms with E-state index in [0.29, 0.717) is 30.3 Å². The molecule has 0 radical (unpaired) electrons. The molecule has 3 aromatic heterocycles. The smallest absolute Gasteiger partial charge is 0.272 e. The number of likely N-dealkylation sites (tertiary alicyclic amines) is 1. The zero-order valence-electron chi connectivity index (χ0n) is 14.7. The highest BCUT2D eigenvalue weighted by molar-refractivity contribution is 5.92. The molecule has 0 aromatic carbocycles. The van der Waals surface area contributed by atoms with Crippen molar-refractivity contribution in [1.29, 1.82) is 0 Å². The quantitative estimate of drug-likeness (QED) is 0.772. The van der Waals surface area contributed by atoms with Crippen molar-refractivity contribution in [1.82, 2.24) is 24.8 Å². The van der Waals surface area contributed by atoms with Gasteiger partial charge in [-0.25, -0.2) is 4.98 Å². The number of carbonyl (C=O) groups is 1. The number of H-pyrrole nitrogens is 1. The molecule has 7 nitrogen and oxygen atoms in total. The number of aromatic nitrogens is 4. The molecule has 136 valence electrons. The Kier molecular flexibility index (Phi) is 4.74. The number of rotatable bonds is 3. The van der Waals surface area contributed by atoms with Crippen LogP contribution >= 0.6 is 0 Å². The first kappa shape index (κ1) is 17.1. The summed E-state index contributed by atoms with van der Waals surface area (Å²) in [6.45, 7) is 1.24. The van der Waals surface area contributed by atoms with Crippen molar-refractivity contribution in [3.05, 3.63) is 76.6 Å². The maximum atomic E-state index is 12.5. The summed E-state index contributed by atoms with van der Waals surface area (Å²) in [4.78, 5) is 42.2. The van der Waals surface area contributed by atoms with Crippen LogP contribution in [0.25, 0.3) is 11.5 Å². The van der Waals surface area contributed by atoms with Crippen LogP contribution in [0.15, 0.2) is 59.7 Å². The highest BCUT2D eigenvalue weighted by atomic mass is 16.2. The van der Waals surface area contributed by atoms with Gasteiger partial charge in [0.1, 0.15) is 11.4 Å². The Balaban J connectivity index is 1.49. The standard InChI is InChI=1S/C20H19N5O2/c26-18-13-17(23-19(24-18)15-5-1-3-9-21-15)14-7-11-25(12-8-14)20(27)16-6-2-4-10-22-16/h1-6,9-10,13-14H,7-8,11-12H2,(H,23,24,26). The fourth-order valence-corrected chi connectivity index (χ4v) is 3.34. The molecule has 0 aliphatic carbocycles. The molecule has 1 amide bonds. The summed E-state index contributed by atoms with van der Waals surface area (Å²) in [5.41, 5.74) is 1.67. The minimum Gasteiger partial charge on any atom is -0.337 e. The molecule has 1 N–H and O–H groups in total. The van der Waals surface area contributed by atoms with Gasteiger partial charge in [0.2, 0.25) is 0 Å². The second kappa shape index (κ2) is 7.49. The number of amides is 1. The van der Waals surface area contributed by atoms with Crippen molar-refractivity contribution < 1.29 is 4.79 Å². The normalized spacial score (nSPS) is 14.9. The number of nitrogens with zero attached hydrogens (tertiary/aromatic N) is 4. The van der Waals surface area contributed by atoms with Crippen LogP contribution in [0.2, 0.25) is 0 Å². The molecule has 27 heavy (non-hydrogen) atoms. The van der Waals surface area contributed by atoms with Gasteiger partial charge in [0.05, 0.1) is 5.69 Å². The molecule has 0 saturated carbocycles. The van der Waals surface area contributed by atoms with Crippen LogP contribution in [0.3, 0.4) is 0 Å². The summed E-state index contributed by atoms with van der Waals surface area (Å²) in [6.07, 6.45) is 4.82. The molecule has 7 heteroatoms. The van der Waals surface area contributed by atoms with E-state index in [0.717, 1.165) is 18.5 Å². The summed E-state index contributed by atoms with van der Waals surface area (Å²) in [7, 11) is 0. The highest BCUT2D eigenvalue weighted by Gasteiger charge is 2.26. The number of aromatic amines is 1. The molecule has 4 rings (SSSR count).